The molecule has 0 aliphatic heterocycles. The summed E-state index contributed by atoms with van der Waals surface area (Å²) in [7, 11) is 0. The molecule has 0 saturated carbocycles. The van der Waals surface area contributed by atoms with E-state index in [1.807, 2.05) is 23.6 Å². The van der Waals surface area contributed by atoms with E-state index in [9.17, 15) is 0 Å². The summed E-state index contributed by atoms with van der Waals surface area (Å²) in [6, 6.07) is 52.1. The van der Waals surface area contributed by atoms with Crippen LogP contribution in [0.4, 0.5) is 0 Å². The van der Waals surface area contributed by atoms with Gasteiger partial charge in [-0.05, 0) is 76.1 Å². The molecule has 0 amide bonds. The highest BCUT2D eigenvalue weighted by molar-refractivity contribution is 7.20. The van der Waals surface area contributed by atoms with Crippen LogP contribution in [-0.2, 0) is 6.42 Å². The second kappa shape index (κ2) is 11.8. The van der Waals surface area contributed by atoms with E-state index in [1.54, 1.807) is 0 Å². The molecule has 0 spiro atoms. The molecule has 0 fully saturated rings. The van der Waals surface area contributed by atoms with Crippen LogP contribution < -0.4 is 0 Å². The minimum absolute atomic E-state index is 0.667. The first-order chi connectivity index (χ1) is 24.8. The largest absolute Gasteiger partial charge is 0.278 e. The number of rotatable bonds is 5. The van der Waals surface area contributed by atoms with Crippen LogP contribution in [0.2, 0.25) is 0 Å². The molecule has 50 heavy (non-hydrogen) atoms. The zero-order chi connectivity index (χ0) is 33.0. The summed E-state index contributed by atoms with van der Waals surface area (Å²) < 4.78 is 3.59. The number of hydrogen-bond acceptors (Lipinski definition) is 3. The fourth-order valence-electron chi connectivity index (χ4n) is 7.51. The normalized spacial score (nSPS) is 12.6. The van der Waals surface area contributed by atoms with Crippen molar-refractivity contribution in [1.29, 1.82) is 0 Å². The zero-order valence-corrected chi connectivity index (χ0v) is 28.1. The molecule has 6 aromatic carbocycles. The molecule has 10 rings (SSSR count). The predicted molar refractivity (Wildman–Crippen MR) is 211 cm³/mol. The molecule has 1 aliphatic carbocycles. The molecule has 236 valence electrons. The molecule has 0 saturated heterocycles. The number of fused-ring (bicyclic) bond motifs is 6. The van der Waals surface area contributed by atoms with Crippen molar-refractivity contribution in [2.45, 2.75) is 12.8 Å². The highest BCUT2D eigenvalue weighted by Crippen LogP contribution is 2.42. The van der Waals surface area contributed by atoms with Crippen LogP contribution in [0.1, 0.15) is 16.9 Å². The van der Waals surface area contributed by atoms with Gasteiger partial charge in [0.2, 0.25) is 5.95 Å². The summed E-state index contributed by atoms with van der Waals surface area (Å²) in [5.74, 6) is 0.667. The van der Waals surface area contributed by atoms with Crippen molar-refractivity contribution in [1.82, 2.24) is 14.5 Å². The Labute approximate surface area is 294 Å². The maximum atomic E-state index is 5.18. The van der Waals surface area contributed by atoms with Gasteiger partial charge in [-0.1, -0.05) is 133 Å². The van der Waals surface area contributed by atoms with E-state index in [0.29, 0.717) is 5.95 Å². The lowest BCUT2D eigenvalue weighted by atomic mass is 9.98. The summed E-state index contributed by atoms with van der Waals surface area (Å²) in [6.45, 7) is 0. The third kappa shape index (κ3) is 4.80. The molecule has 0 bridgehead atoms. The standard InChI is InChI=1S/C46H31N3S/c1-2-10-30(11-3-1)33-12-8-13-34(28-33)31-20-22-32(23-21-31)41-26-27-47-46(48-41)49-42-18-6-4-14-37(42)38-25-24-35(29-43(38)49)36-16-9-17-40-39-15-5-7-19-44(39)50-45(36)40/h1-6,8-18,20-29H,7,19H2. The van der Waals surface area contributed by atoms with Crippen molar-refractivity contribution in [2.24, 2.45) is 0 Å². The van der Waals surface area contributed by atoms with E-state index in [4.69, 9.17) is 9.97 Å². The van der Waals surface area contributed by atoms with E-state index in [0.717, 1.165) is 35.1 Å². The Bertz CT molecular complexity index is 2750. The number of para-hydroxylation sites is 1. The maximum absolute atomic E-state index is 5.18. The van der Waals surface area contributed by atoms with Crippen molar-refractivity contribution in [3.8, 4) is 50.6 Å². The number of allylic oxidation sites excluding steroid dienone is 1. The van der Waals surface area contributed by atoms with Crippen molar-refractivity contribution in [2.75, 3.05) is 0 Å². The van der Waals surface area contributed by atoms with Crippen molar-refractivity contribution < 1.29 is 0 Å². The minimum atomic E-state index is 0.667. The summed E-state index contributed by atoms with van der Waals surface area (Å²) in [4.78, 5) is 11.5. The van der Waals surface area contributed by atoms with Crippen molar-refractivity contribution >= 4 is 49.3 Å². The lowest BCUT2D eigenvalue weighted by Gasteiger charge is -2.10. The van der Waals surface area contributed by atoms with Crippen LogP contribution in [0, 0.1) is 0 Å². The molecule has 3 nitrogen and oxygen atoms in total. The molecule has 9 aromatic rings. The van der Waals surface area contributed by atoms with Crippen LogP contribution in [0.15, 0.2) is 158 Å². The minimum Gasteiger partial charge on any atom is -0.278 e. The molecule has 0 N–H and O–H groups in total. The van der Waals surface area contributed by atoms with Crippen LogP contribution in [0.25, 0.3) is 88.6 Å². The molecule has 3 heterocycles. The molecule has 0 radical (unpaired) electrons. The van der Waals surface area contributed by atoms with Crippen LogP contribution in [0.3, 0.4) is 0 Å². The van der Waals surface area contributed by atoms with Gasteiger partial charge in [0.25, 0.3) is 0 Å². The Morgan fingerprint density at radius 2 is 1.24 bits per heavy atom. The first-order valence-corrected chi connectivity index (χ1v) is 17.9. The van der Waals surface area contributed by atoms with Gasteiger partial charge in [0.15, 0.2) is 0 Å². The number of benzene rings is 6. The van der Waals surface area contributed by atoms with Gasteiger partial charge in [-0.25, -0.2) is 9.97 Å². The Kier molecular flexibility index (Phi) is 6.81. The third-order valence-corrected chi connectivity index (χ3v) is 11.3. The number of nitrogens with zero attached hydrogens (tertiary/aromatic N) is 3. The molecular formula is C46H31N3S. The smallest absolute Gasteiger partial charge is 0.235 e. The van der Waals surface area contributed by atoms with Crippen LogP contribution in [0.5, 0.6) is 0 Å². The second-order valence-corrected chi connectivity index (χ2v) is 14.0. The molecule has 1 aliphatic rings. The first kappa shape index (κ1) is 28.9. The second-order valence-electron chi connectivity index (χ2n) is 12.9. The Hall–Kier alpha value is -6.10. The van der Waals surface area contributed by atoms with E-state index in [-0.39, 0.29) is 0 Å². The third-order valence-electron chi connectivity index (χ3n) is 9.96. The number of aromatic nitrogens is 3. The average molecular weight is 658 g/mol. The van der Waals surface area contributed by atoms with Gasteiger partial charge in [-0.2, -0.15) is 0 Å². The quantitative estimate of drug-likeness (QED) is 0.184. The highest BCUT2D eigenvalue weighted by atomic mass is 32.1. The summed E-state index contributed by atoms with van der Waals surface area (Å²) in [6.07, 6.45) is 8.73. The van der Waals surface area contributed by atoms with E-state index in [2.05, 4.69) is 156 Å². The van der Waals surface area contributed by atoms with E-state index >= 15 is 0 Å². The van der Waals surface area contributed by atoms with Crippen LogP contribution >= 0.6 is 11.3 Å². The summed E-state index contributed by atoms with van der Waals surface area (Å²) in [5, 5.41) is 3.74. The van der Waals surface area contributed by atoms with Crippen molar-refractivity contribution in [3.05, 3.63) is 168 Å². The summed E-state index contributed by atoms with van der Waals surface area (Å²) in [5.41, 5.74) is 12.8. The Morgan fingerprint density at radius 1 is 0.540 bits per heavy atom. The number of hydrogen-bond donors (Lipinski definition) is 0. The molecule has 0 unspecified atom stereocenters. The van der Waals surface area contributed by atoms with Gasteiger partial charge in [0.05, 0.1) is 16.7 Å². The molecule has 4 heteroatoms. The Morgan fingerprint density at radius 3 is 2.12 bits per heavy atom. The highest BCUT2D eigenvalue weighted by Gasteiger charge is 2.19. The van der Waals surface area contributed by atoms with E-state index in [1.165, 1.54) is 64.7 Å². The zero-order valence-electron chi connectivity index (χ0n) is 27.3. The average Bonchev–Trinajstić information content (AvgIpc) is 3.74. The first-order valence-electron chi connectivity index (χ1n) is 17.1. The fourth-order valence-corrected chi connectivity index (χ4v) is 8.85. The SMILES string of the molecule is C1=Cc2c(sc3c(-c4ccc5c6ccccc6n(-c6nccc(-c7ccc(-c8cccc(-c9ccccc9)c8)cc7)n6)c5c4)cccc23)CC1. The van der Waals surface area contributed by atoms with Gasteiger partial charge in [0.1, 0.15) is 0 Å². The van der Waals surface area contributed by atoms with E-state index < -0.39 is 0 Å². The lowest BCUT2D eigenvalue weighted by molar-refractivity contribution is 0.992. The number of thiophene rings is 1. The maximum Gasteiger partial charge on any atom is 0.235 e. The van der Waals surface area contributed by atoms with Gasteiger partial charge in [-0.3, -0.25) is 4.57 Å². The summed E-state index contributed by atoms with van der Waals surface area (Å²) >= 11 is 1.95. The van der Waals surface area contributed by atoms with Crippen molar-refractivity contribution in [3.63, 3.8) is 0 Å². The van der Waals surface area contributed by atoms with Gasteiger partial charge in [0, 0.05) is 37.5 Å². The van der Waals surface area contributed by atoms with Gasteiger partial charge >= 0.3 is 0 Å². The van der Waals surface area contributed by atoms with Gasteiger partial charge < -0.3 is 0 Å². The molecule has 3 aromatic heterocycles. The Balaban J connectivity index is 1.06. The molecular weight excluding hydrogens is 627 g/mol. The topological polar surface area (TPSA) is 30.7 Å². The number of aryl methyl sites for hydroxylation is 1. The molecule has 0 atom stereocenters. The lowest BCUT2D eigenvalue weighted by Crippen LogP contribution is -2.01. The predicted octanol–water partition coefficient (Wildman–Crippen LogP) is 12.4. The fraction of sp³-hybridized carbons (Fsp3) is 0.0435. The van der Waals surface area contributed by atoms with Crippen LogP contribution in [-0.4, -0.2) is 14.5 Å². The van der Waals surface area contributed by atoms with Gasteiger partial charge in [-0.15, -0.1) is 11.3 Å². The monoisotopic (exact) mass is 657 g/mol.